The van der Waals surface area contributed by atoms with Crippen LogP contribution in [0, 0.1) is 0 Å². The van der Waals surface area contributed by atoms with Crippen LogP contribution in [0.2, 0.25) is 0 Å². The van der Waals surface area contributed by atoms with Gasteiger partial charge in [-0.3, -0.25) is 0 Å². The molecule has 114 heavy (non-hydrogen) atoms. The maximum Gasteiger partial charge on any atom is 0.160 e. The van der Waals surface area contributed by atoms with E-state index >= 15 is 0 Å². The minimum absolute atomic E-state index is 0.713. The van der Waals surface area contributed by atoms with Crippen molar-refractivity contribution in [3.05, 3.63) is 425 Å². The lowest BCUT2D eigenvalue weighted by Crippen LogP contribution is -1.97. The molecule has 0 atom stereocenters. The maximum absolute atomic E-state index is 5.07. The quantitative estimate of drug-likeness (QED) is 0.122. The van der Waals surface area contributed by atoms with Gasteiger partial charge in [-0.1, -0.05) is 328 Å². The van der Waals surface area contributed by atoms with Gasteiger partial charge in [-0.15, -0.1) is 0 Å². The molecule has 0 saturated carbocycles. The highest BCUT2D eigenvalue weighted by Crippen LogP contribution is 2.43. The van der Waals surface area contributed by atoms with Crippen molar-refractivity contribution in [1.82, 2.24) is 29.1 Å². The Hall–Kier alpha value is -15.2. The molecular weight excluding hydrogens is 1380 g/mol. The van der Waals surface area contributed by atoms with Crippen LogP contribution in [-0.4, -0.2) is 29.1 Å². The van der Waals surface area contributed by atoms with E-state index in [1.807, 2.05) is 60.7 Å². The van der Waals surface area contributed by atoms with Crippen molar-refractivity contribution in [2.75, 3.05) is 0 Å². The van der Waals surface area contributed by atoms with Gasteiger partial charge in [0.15, 0.2) is 11.6 Å². The van der Waals surface area contributed by atoms with Crippen LogP contribution in [0.4, 0.5) is 0 Å². The van der Waals surface area contributed by atoms with Crippen molar-refractivity contribution < 1.29 is 0 Å². The van der Waals surface area contributed by atoms with Gasteiger partial charge in [0.1, 0.15) is 0 Å². The number of aromatic nitrogens is 6. The lowest BCUT2D eigenvalue weighted by atomic mass is 9.95. The van der Waals surface area contributed by atoms with E-state index in [9.17, 15) is 0 Å². The lowest BCUT2D eigenvalue weighted by molar-refractivity contribution is 1.17. The van der Waals surface area contributed by atoms with Gasteiger partial charge in [-0.05, 0) is 185 Å². The zero-order valence-electron chi connectivity index (χ0n) is 62.1. The Balaban J connectivity index is 0.000000143. The standard InChI is InChI=1S/2C54H35N3/c1-4-12-36(13-5-1)40-20-21-42-33-43(23-22-41(42)32-40)44-26-30-47-45(34-44)27-31-52-53(47)48-18-10-11-19-51(48)57(52)46-28-24-38(25-29-46)50-35-49(37-14-6-2-7-15-37)55-54(56-50)39-16-8-3-9-17-39;1-4-12-36(13-5-1)41-22-23-43-33-44(25-24-42(43)32-41)45-21-20-37-28-31-52-53(48(37)34-45)47-18-10-11-19-51(47)57(52)46-29-26-39(27-30-46)50-35-49(38-14-6-2-7-15-38)55-54(56-50)40-16-8-3-9-17-40/h2*1-35H. The summed E-state index contributed by atoms with van der Waals surface area (Å²) < 4.78 is 4.78. The molecule has 0 aliphatic rings. The summed E-state index contributed by atoms with van der Waals surface area (Å²) in [6.45, 7) is 0. The fraction of sp³-hybridized carbons (Fsp3) is 0. The van der Waals surface area contributed by atoms with E-state index in [1.165, 1.54) is 131 Å². The Kier molecular flexibility index (Phi) is 16.8. The van der Waals surface area contributed by atoms with Crippen molar-refractivity contribution >= 4 is 86.7 Å². The summed E-state index contributed by atoms with van der Waals surface area (Å²) in [5.74, 6) is 1.43. The van der Waals surface area contributed by atoms with Crippen LogP contribution in [0.15, 0.2) is 425 Å². The van der Waals surface area contributed by atoms with Gasteiger partial charge in [-0.25, -0.2) is 19.9 Å². The van der Waals surface area contributed by atoms with E-state index < -0.39 is 0 Å². The van der Waals surface area contributed by atoms with Crippen LogP contribution >= 0.6 is 0 Å². The SMILES string of the molecule is c1ccc(-c2ccc3cc(-c4ccc5c(ccc6c5c5ccccc5n6-c5ccc(-c6cc(-c7ccccc7)nc(-c7ccccc7)n6)cc5)c4)ccc3c2)cc1.c1ccc(-c2ccc3cc(-c4ccc5ccc6c(c5c4)c4ccccc4n6-c4ccc(-c5cc(-c6ccccc6)nc(-c6ccccc6)n5)cc4)ccc3c2)cc1. The molecule has 18 aromatic carbocycles. The Morgan fingerprint density at radius 2 is 0.421 bits per heavy atom. The van der Waals surface area contributed by atoms with Crippen molar-refractivity contribution in [2.45, 2.75) is 0 Å². The largest absolute Gasteiger partial charge is 0.309 e. The Morgan fingerprint density at radius 3 is 0.816 bits per heavy atom. The van der Waals surface area contributed by atoms with Crippen LogP contribution in [0.5, 0.6) is 0 Å². The van der Waals surface area contributed by atoms with Gasteiger partial charge >= 0.3 is 0 Å². The summed E-state index contributed by atoms with van der Waals surface area (Å²) >= 11 is 0. The molecule has 0 aliphatic heterocycles. The predicted octanol–water partition coefficient (Wildman–Crippen LogP) is 28.4. The third-order valence-corrected chi connectivity index (χ3v) is 22.4. The molecule has 0 fully saturated rings. The van der Waals surface area contributed by atoms with Gasteiger partial charge in [0.25, 0.3) is 0 Å². The summed E-state index contributed by atoms with van der Waals surface area (Å²) in [4.78, 5) is 20.1. The van der Waals surface area contributed by atoms with E-state index in [1.54, 1.807) is 0 Å². The predicted molar refractivity (Wildman–Crippen MR) is 477 cm³/mol. The summed E-state index contributed by atoms with van der Waals surface area (Å²) in [6, 6.07) is 152. The molecular formula is C108H70N6. The Bertz CT molecular complexity index is 7290. The van der Waals surface area contributed by atoms with E-state index in [4.69, 9.17) is 19.9 Å². The van der Waals surface area contributed by atoms with Crippen LogP contribution in [0.25, 0.3) is 210 Å². The molecule has 0 N–H and O–H groups in total. The fourth-order valence-electron chi connectivity index (χ4n) is 16.7. The average Bonchev–Trinajstić information content (AvgIpc) is 1.58. The van der Waals surface area contributed by atoms with Gasteiger partial charge in [-0.2, -0.15) is 0 Å². The molecule has 0 amide bonds. The van der Waals surface area contributed by atoms with Crippen molar-refractivity contribution in [2.24, 2.45) is 0 Å². The first-order valence-corrected chi connectivity index (χ1v) is 38.8. The molecule has 0 radical (unpaired) electrons. The van der Waals surface area contributed by atoms with Crippen molar-refractivity contribution in [3.8, 4) is 124 Å². The van der Waals surface area contributed by atoms with Crippen LogP contribution < -0.4 is 0 Å². The van der Waals surface area contributed by atoms with Crippen LogP contribution in [0.3, 0.4) is 0 Å². The molecule has 6 heteroatoms. The highest BCUT2D eigenvalue weighted by molar-refractivity contribution is 6.23. The molecule has 4 aromatic heterocycles. The van der Waals surface area contributed by atoms with Crippen molar-refractivity contribution in [1.29, 1.82) is 0 Å². The first kappa shape index (κ1) is 66.9. The second-order valence-electron chi connectivity index (χ2n) is 29.3. The second-order valence-corrected chi connectivity index (χ2v) is 29.3. The number of hydrogen-bond acceptors (Lipinski definition) is 4. The Morgan fingerprint density at radius 1 is 0.149 bits per heavy atom. The van der Waals surface area contributed by atoms with Crippen LogP contribution in [0.1, 0.15) is 0 Å². The van der Waals surface area contributed by atoms with Gasteiger partial charge in [0.2, 0.25) is 0 Å². The Labute approximate surface area is 659 Å². The first-order valence-electron chi connectivity index (χ1n) is 38.8. The number of fused-ring (bicyclic) bond motifs is 12. The number of hydrogen-bond donors (Lipinski definition) is 0. The third-order valence-electron chi connectivity index (χ3n) is 22.4. The van der Waals surface area contributed by atoms with Gasteiger partial charge in [0.05, 0.1) is 44.8 Å². The molecule has 0 bridgehead atoms. The van der Waals surface area contributed by atoms with Gasteiger partial charge in [0, 0.05) is 66.3 Å². The molecule has 0 saturated heterocycles. The summed E-state index contributed by atoms with van der Waals surface area (Å²) in [5.41, 5.74) is 26.5. The van der Waals surface area contributed by atoms with Gasteiger partial charge < -0.3 is 9.13 Å². The molecule has 4 heterocycles. The normalized spacial score (nSPS) is 11.5. The summed E-state index contributed by atoms with van der Waals surface area (Å²) in [5, 5.41) is 14.9. The molecule has 6 nitrogen and oxygen atoms in total. The summed E-state index contributed by atoms with van der Waals surface area (Å²) in [7, 11) is 0. The minimum Gasteiger partial charge on any atom is -0.309 e. The number of nitrogens with zero attached hydrogens (tertiary/aromatic N) is 6. The molecule has 0 spiro atoms. The van der Waals surface area contributed by atoms with E-state index in [0.717, 1.165) is 67.5 Å². The number of rotatable bonds is 12. The zero-order valence-corrected chi connectivity index (χ0v) is 62.1. The molecule has 22 aromatic rings. The molecule has 0 unspecified atom stereocenters. The fourth-order valence-corrected chi connectivity index (χ4v) is 16.7. The van der Waals surface area contributed by atoms with Crippen molar-refractivity contribution in [3.63, 3.8) is 0 Å². The lowest BCUT2D eigenvalue weighted by Gasteiger charge is -2.12. The highest BCUT2D eigenvalue weighted by atomic mass is 15.0. The smallest absolute Gasteiger partial charge is 0.160 e. The first-order chi connectivity index (χ1) is 56.5. The monoisotopic (exact) mass is 1450 g/mol. The zero-order chi connectivity index (χ0) is 75.4. The van der Waals surface area contributed by atoms with E-state index in [2.05, 4.69) is 373 Å². The van der Waals surface area contributed by atoms with Crippen LogP contribution in [-0.2, 0) is 0 Å². The maximum atomic E-state index is 5.07. The van der Waals surface area contributed by atoms with E-state index in [0.29, 0.717) is 11.6 Å². The number of benzene rings is 18. The average molecular weight is 1450 g/mol. The number of para-hydroxylation sites is 2. The second kappa shape index (κ2) is 28.6. The molecule has 22 rings (SSSR count). The molecule has 0 aliphatic carbocycles. The summed E-state index contributed by atoms with van der Waals surface area (Å²) in [6.07, 6.45) is 0. The minimum atomic E-state index is 0.713. The van der Waals surface area contributed by atoms with E-state index in [-0.39, 0.29) is 0 Å². The topological polar surface area (TPSA) is 61.4 Å². The third kappa shape index (κ3) is 12.5. The molecule has 532 valence electrons. The highest BCUT2D eigenvalue weighted by Gasteiger charge is 2.21.